The van der Waals surface area contributed by atoms with Gasteiger partial charge in [0.05, 0.1) is 4.90 Å². The molecule has 0 fully saturated rings. The number of fused-ring (bicyclic) bond motifs is 1. The van der Waals surface area contributed by atoms with E-state index in [9.17, 15) is 12.8 Å². The lowest BCUT2D eigenvalue weighted by molar-refractivity contribution is 0.369. The van der Waals surface area contributed by atoms with E-state index in [0.717, 1.165) is 44.1 Å². The molecular weight excluding hydrogens is 425 g/mol. The third-order valence-corrected chi connectivity index (χ3v) is 7.60. The van der Waals surface area contributed by atoms with Gasteiger partial charge in [0.25, 0.3) is 0 Å². The summed E-state index contributed by atoms with van der Waals surface area (Å²) in [7, 11) is -3.45. The molecular formula is C25H34FN3O2S. The van der Waals surface area contributed by atoms with Crippen molar-refractivity contribution in [1.82, 2.24) is 10.0 Å². The van der Waals surface area contributed by atoms with Crippen LogP contribution in [0.3, 0.4) is 0 Å². The maximum atomic E-state index is 13.6. The minimum absolute atomic E-state index is 0.000253. The first-order valence-corrected chi connectivity index (χ1v) is 12.8. The minimum Gasteiger partial charge on any atom is -0.327 e. The van der Waals surface area contributed by atoms with Gasteiger partial charge in [-0.2, -0.15) is 0 Å². The zero-order valence-corrected chi connectivity index (χ0v) is 19.3. The second-order valence-electron chi connectivity index (χ2n) is 8.49. The average Bonchev–Trinajstić information content (AvgIpc) is 2.78. The molecule has 0 saturated heterocycles. The molecule has 3 atom stereocenters. The third-order valence-electron chi connectivity index (χ3n) is 6.12. The van der Waals surface area contributed by atoms with E-state index in [0.29, 0.717) is 13.1 Å². The fraction of sp³-hybridized carbons (Fsp3) is 0.440. The lowest BCUT2D eigenvalue weighted by atomic mass is 9.77. The van der Waals surface area contributed by atoms with E-state index in [1.54, 1.807) is 36.4 Å². The van der Waals surface area contributed by atoms with Gasteiger partial charge in [-0.15, -0.1) is 6.58 Å². The number of benzene rings is 2. The van der Waals surface area contributed by atoms with E-state index in [1.165, 1.54) is 11.6 Å². The van der Waals surface area contributed by atoms with Crippen LogP contribution in [-0.4, -0.2) is 33.6 Å². The summed E-state index contributed by atoms with van der Waals surface area (Å²) < 4.78 is 40.7. The number of halogens is 1. The van der Waals surface area contributed by atoms with Crippen molar-refractivity contribution in [3.63, 3.8) is 0 Å². The number of nitrogens with one attached hydrogen (secondary N) is 2. The number of hydrogen-bond donors (Lipinski definition) is 3. The second-order valence-corrected chi connectivity index (χ2v) is 10.3. The summed E-state index contributed by atoms with van der Waals surface area (Å²) in [4.78, 5) is 0.284. The zero-order valence-electron chi connectivity index (χ0n) is 18.5. The summed E-state index contributed by atoms with van der Waals surface area (Å²) in [6.07, 6.45) is 6.98. The van der Waals surface area contributed by atoms with Gasteiger partial charge in [0, 0.05) is 31.1 Å². The molecule has 174 valence electrons. The molecule has 0 aromatic heterocycles. The van der Waals surface area contributed by atoms with Crippen LogP contribution < -0.4 is 15.8 Å². The van der Waals surface area contributed by atoms with Gasteiger partial charge in [0.1, 0.15) is 5.82 Å². The molecule has 4 N–H and O–H groups in total. The average molecular weight is 460 g/mol. The van der Waals surface area contributed by atoms with Gasteiger partial charge in [-0.25, -0.2) is 17.5 Å². The maximum Gasteiger partial charge on any atom is 0.240 e. The molecule has 0 saturated carbocycles. The number of allylic oxidation sites excluding steroid dienone is 1. The molecule has 2 aromatic carbocycles. The zero-order chi connectivity index (χ0) is 23.0. The minimum atomic E-state index is -3.45. The van der Waals surface area contributed by atoms with Gasteiger partial charge in [-0.05, 0) is 67.5 Å². The van der Waals surface area contributed by atoms with Crippen LogP contribution in [0.4, 0.5) is 4.39 Å². The first-order chi connectivity index (χ1) is 15.4. The van der Waals surface area contributed by atoms with Crippen molar-refractivity contribution >= 4 is 10.0 Å². The molecule has 0 heterocycles. The lowest BCUT2D eigenvalue weighted by Crippen LogP contribution is -2.44. The van der Waals surface area contributed by atoms with Gasteiger partial charge in [-0.1, -0.05) is 36.8 Å². The lowest BCUT2D eigenvalue weighted by Gasteiger charge is -2.34. The van der Waals surface area contributed by atoms with E-state index in [1.807, 2.05) is 12.1 Å². The van der Waals surface area contributed by atoms with Crippen molar-refractivity contribution in [2.75, 3.05) is 13.1 Å². The number of unbranched alkanes of at least 4 members (excludes halogenated alkanes) is 1. The van der Waals surface area contributed by atoms with Crippen molar-refractivity contribution in [3.8, 4) is 0 Å². The summed E-state index contributed by atoms with van der Waals surface area (Å²) in [5.74, 6) is 0.0945. The summed E-state index contributed by atoms with van der Waals surface area (Å²) in [6.45, 7) is 4.99. The van der Waals surface area contributed by atoms with Crippen molar-refractivity contribution in [2.24, 2.45) is 5.73 Å². The van der Waals surface area contributed by atoms with E-state index < -0.39 is 10.0 Å². The summed E-state index contributed by atoms with van der Waals surface area (Å²) >= 11 is 0. The highest BCUT2D eigenvalue weighted by Gasteiger charge is 2.28. The molecule has 7 heteroatoms. The predicted octanol–water partition coefficient (Wildman–Crippen LogP) is 3.87. The summed E-state index contributed by atoms with van der Waals surface area (Å²) in [6, 6.07) is 13.8. The van der Waals surface area contributed by atoms with Crippen LogP contribution in [0.15, 0.2) is 66.1 Å². The molecule has 0 radical (unpaired) electrons. The molecule has 2 aromatic rings. The predicted molar refractivity (Wildman–Crippen MR) is 128 cm³/mol. The molecule has 0 spiro atoms. The highest BCUT2D eigenvalue weighted by atomic mass is 32.2. The Hall–Kier alpha value is -2.06. The Labute approximate surface area is 191 Å². The highest BCUT2D eigenvalue weighted by molar-refractivity contribution is 7.89. The van der Waals surface area contributed by atoms with Crippen LogP contribution in [-0.2, 0) is 16.4 Å². The van der Waals surface area contributed by atoms with Gasteiger partial charge < -0.3 is 11.1 Å². The van der Waals surface area contributed by atoms with Crippen LogP contribution in [0.1, 0.15) is 49.1 Å². The number of nitrogens with two attached hydrogens (primary N) is 1. The van der Waals surface area contributed by atoms with Gasteiger partial charge in [0.15, 0.2) is 0 Å². The number of hydrogen-bond acceptors (Lipinski definition) is 4. The largest absolute Gasteiger partial charge is 0.327 e. The van der Waals surface area contributed by atoms with Crippen molar-refractivity contribution < 1.29 is 12.8 Å². The number of sulfonamides is 1. The van der Waals surface area contributed by atoms with E-state index in [4.69, 9.17) is 5.73 Å². The van der Waals surface area contributed by atoms with Crippen LogP contribution in [0.5, 0.6) is 0 Å². The molecule has 0 bridgehead atoms. The summed E-state index contributed by atoms with van der Waals surface area (Å²) in [5.41, 5.74) is 8.61. The third kappa shape index (κ3) is 6.72. The first-order valence-electron chi connectivity index (χ1n) is 11.3. The first kappa shape index (κ1) is 24.6. The Kier molecular flexibility index (Phi) is 8.99. The standard InChI is InChI=1S/C25H34FN3O2S/c1-2-8-24-23-14-13-20(26)17-19(23)12-15-25(24)28-18-21(27)9-6-7-16-29-32(30,31)22-10-4-3-5-11-22/h2-5,10-11,13-14,17,21,24-25,28-29H,1,6-9,12,15-16,18,27H2/t21-,24+,25-/m0/s1. The Bertz CT molecular complexity index is 982. The van der Waals surface area contributed by atoms with Crippen molar-refractivity contribution in [2.45, 2.75) is 61.4 Å². The molecule has 1 aliphatic rings. The molecule has 32 heavy (non-hydrogen) atoms. The normalized spacial score (nSPS) is 19.3. The molecule has 0 amide bonds. The number of aryl methyl sites for hydroxylation is 1. The van der Waals surface area contributed by atoms with Crippen molar-refractivity contribution in [1.29, 1.82) is 0 Å². The summed E-state index contributed by atoms with van der Waals surface area (Å²) in [5, 5.41) is 3.62. The Morgan fingerprint density at radius 2 is 1.97 bits per heavy atom. The van der Waals surface area contributed by atoms with Crippen LogP contribution >= 0.6 is 0 Å². The molecule has 3 rings (SSSR count). The smallest absolute Gasteiger partial charge is 0.240 e. The quantitative estimate of drug-likeness (QED) is 0.332. The van der Waals surface area contributed by atoms with Crippen LogP contribution in [0.2, 0.25) is 0 Å². The van der Waals surface area contributed by atoms with Crippen LogP contribution in [0, 0.1) is 5.82 Å². The van der Waals surface area contributed by atoms with Gasteiger partial charge >= 0.3 is 0 Å². The topological polar surface area (TPSA) is 84.2 Å². The second kappa shape index (κ2) is 11.7. The number of rotatable bonds is 12. The SMILES string of the molecule is C=CC[C@@H]1c2ccc(F)cc2CC[C@@H]1NC[C@@H](N)CCCCNS(=O)(=O)c1ccccc1. The fourth-order valence-electron chi connectivity index (χ4n) is 4.42. The van der Waals surface area contributed by atoms with Gasteiger partial charge in [-0.3, -0.25) is 0 Å². The van der Waals surface area contributed by atoms with E-state index >= 15 is 0 Å². The molecule has 0 aliphatic heterocycles. The molecule has 0 unspecified atom stereocenters. The van der Waals surface area contributed by atoms with Gasteiger partial charge in [0.2, 0.25) is 10.0 Å². The van der Waals surface area contributed by atoms with E-state index in [2.05, 4.69) is 16.6 Å². The Morgan fingerprint density at radius 1 is 1.19 bits per heavy atom. The monoisotopic (exact) mass is 459 g/mol. The Morgan fingerprint density at radius 3 is 2.72 bits per heavy atom. The van der Waals surface area contributed by atoms with Crippen molar-refractivity contribution in [3.05, 3.63) is 78.1 Å². The maximum absolute atomic E-state index is 13.6. The van der Waals surface area contributed by atoms with E-state index in [-0.39, 0.29) is 28.7 Å². The molecule has 5 nitrogen and oxygen atoms in total. The fourth-order valence-corrected chi connectivity index (χ4v) is 5.52. The molecule has 1 aliphatic carbocycles. The van der Waals surface area contributed by atoms with Crippen LogP contribution in [0.25, 0.3) is 0 Å². The Balaban J connectivity index is 1.40. The highest BCUT2D eigenvalue weighted by Crippen LogP contribution is 2.35.